The summed E-state index contributed by atoms with van der Waals surface area (Å²) in [7, 11) is 0. The molecule has 0 spiro atoms. The Labute approximate surface area is 288 Å². The summed E-state index contributed by atoms with van der Waals surface area (Å²) in [6.07, 6.45) is 0. The number of benzene rings is 8. The molecule has 49 heavy (non-hydrogen) atoms. The third-order valence-electron chi connectivity index (χ3n) is 11.7. The molecule has 0 unspecified atom stereocenters. The molecule has 0 amide bonds. The Kier molecular flexibility index (Phi) is 5.71. The van der Waals surface area contributed by atoms with Gasteiger partial charge >= 0.3 is 0 Å². The summed E-state index contributed by atoms with van der Waals surface area (Å²) in [6.45, 7) is 13.8. The van der Waals surface area contributed by atoms with Crippen molar-refractivity contribution in [1.29, 1.82) is 0 Å². The first-order chi connectivity index (χ1) is 23.7. The van der Waals surface area contributed by atoms with Crippen LogP contribution in [0.5, 0.6) is 0 Å². The topological polar surface area (TPSA) is 0 Å². The molecule has 0 aliphatic heterocycles. The molecule has 10 rings (SSSR count). The van der Waals surface area contributed by atoms with E-state index in [0.29, 0.717) is 0 Å². The third-order valence-corrected chi connectivity index (χ3v) is 11.7. The van der Waals surface area contributed by atoms with E-state index >= 15 is 0 Å². The van der Waals surface area contributed by atoms with Gasteiger partial charge in [0.2, 0.25) is 0 Å². The van der Waals surface area contributed by atoms with Crippen LogP contribution in [0.15, 0.2) is 121 Å². The van der Waals surface area contributed by atoms with Crippen LogP contribution < -0.4 is 0 Å². The van der Waals surface area contributed by atoms with Crippen molar-refractivity contribution in [2.24, 2.45) is 0 Å². The molecule has 8 aromatic carbocycles. The highest BCUT2D eigenvalue weighted by Crippen LogP contribution is 2.54. The second kappa shape index (κ2) is 9.80. The maximum atomic E-state index is 2.50. The van der Waals surface area contributed by atoms with Crippen LogP contribution >= 0.6 is 0 Å². The minimum Gasteiger partial charge on any atom is -0.0622 e. The van der Waals surface area contributed by atoms with Crippen LogP contribution in [0.3, 0.4) is 0 Å². The van der Waals surface area contributed by atoms with E-state index in [-0.39, 0.29) is 5.41 Å². The molecular formula is C49H38. The van der Waals surface area contributed by atoms with Crippen molar-refractivity contribution in [2.75, 3.05) is 0 Å². The van der Waals surface area contributed by atoms with Crippen molar-refractivity contribution < 1.29 is 0 Å². The fourth-order valence-electron chi connectivity index (χ4n) is 9.37. The molecule has 0 nitrogen and oxygen atoms in total. The standard InChI is InChI=1S/C49H38/c1-27-12-16-34-39(21-27)38(25-41-37-17-13-29(3)47-46-30(4)20-28(2)22-42(46)43(48(37)47)26-40(34)41)33-15-19-36-35-18-14-32(31-10-8-7-9-11-31)23-44(35)49(5,6)45(36)24-33/h7-26H,1-6H3. The average Bonchev–Trinajstić information content (AvgIpc) is 3.55. The Balaban J connectivity index is 1.23. The Morgan fingerprint density at radius 1 is 0.367 bits per heavy atom. The normalized spacial score (nSPS) is 13.7. The van der Waals surface area contributed by atoms with Crippen LogP contribution in [0.2, 0.25) is 0 Å². The minimum atomic E-state index is -0.109. The molecule has 0 saturated heterocycles. The predicted molar refractivity (Wildman–Crippen MR) is 211 cm³/mol. The van der Waals surface area contributed by atoms with Gasteiger partial charge in [0.1, 0.15) is 0 Å². The van der Waals surface area contributed by atoms with Crippen LogP contribution in [0, 0.1) is 27.7 Å². The van der Waals surface area contributed by atoms with Gasteiger partial charge in [-0.05, 0) is 162 Å². The fourth-order valence-corrected chi connectivity index (χ4v) is 9.37. The number of hydrogen-bond donors (Lipinski definition) is 0. The van der Waals surface area contributed by atoms with Gasteiger partial charge in [0.15, 0.2) is 0 Å². The molecule has 0 atom stereocenters. The molecule has 2 aliphatic carbocycles. The number of aryl methyl sites for hydroxylation is 4. The van der Waals surface area contributed by atoms with E-state index < -0.39 is 0 Å². The van der Waals surface area contributed by atoms with Crippen molar-refractivity contribution in [1.82, 2.24) is 0 Å². The summed E-state index contributed by atoms with van der Waals surface area (Å²) in [6, 6.07) is 46.6. The Hall–Kier alpha value is -5.46. The maximum Gasteiger partial charge on any atom is 0.0159 e. The van der Waals surface area contributed by atoms with Gasteiger partial charge in [-0.1, -0.05) is 122 Å². The Bertz CT molecular complexity index is 2750. The first-order valence-electron chi connectivity index (χ1n) is 17.6. The van der Waals surface area contributed by atoms with Crippen LogP contribution in [0.1, 0.15) is 47.2 Å². The molecule has 8 aromatic rings. The number of rotatable bonds is 2. The van der Waals surface area contributed by atoms with E-state index in [2.05, 4.69) is 163 Å². The molecule has 0 heteroatoms. The molecule has 234 valence electrons. The molecule has 0 saturated carbocycles. The lowest BCUT2D eigenvalue weighted by molar-refractivity contribution is 0.661. The largest absolute Gasteiger partial charge is 0.0622 e. The summed E-state index contributed by atoms with van der Waals surface area (Å²) in [5.41, 5.74) is 21.5. The van der Waals surface area contributed by atoms with Gasteiger partial charge in [0.05, 0.1) is 0 Å². The highest BCUT2D eigenvalue weighted by Gasteiger charge is 2.36. The Morgan fingerprint density at radius 2 is 1.04 bits per heavy atom. The molecule has 2 aliphatic rings. The van der Waals surface area contributed by atoms with E-state index in [9.17, 15) is 0 Å². The van der Waals surface area contributed by atoms with E-state index in [1.54, 1.807) is 0 Å². The first-order valence-corrected chi connectivity index (χ1v) is 17.6. The van der Waals surface area contributed by atoms with E-state index in [0.717, 1.165) is 0 Å². The maximum absolute atomic E-state index is 2.50. The van der Waals surface area contributed by atoms with Gasteiger partial charge in [-0.2, -0.15) is 0 Å². The second-order valence-electron chi connectivity index (χ2n) is 15.2. The molecule has 0 heterocycles. The van der Waals surface area contributed by atoms with E-state index in [1.165, 1.54) is 121 Å². The summed E-state index contributed by atoms with van der Waals surface area (Å²) < 4.78 is 0. The lowest BCUT2D eigenvalue weighted by atomic mass is 9.80. The first kappa shape index (κ1) is 28.5. The SMILES string of the molecule is Cc1cc(C)c2c(c1)-c1cc3c4ccc(C)cc4c(-c4ccc5c(c4)C(C)(C)c4cc(-c6ccccc6)ccc4-5)cc3c3ccc(C)c-2c13. The lowest BCUT2D eigenvalue weighted by Crippen LogP contribution is -2.15. The summed E-state index contributed by atoms with van der Waals surface area (Å²) in [5.74, 6) is 0. The predicted octanol–water partition coefficient (Wildman–Crippen LogP) is 13.7. The zero-order valence-corrected chi connectivity index (χ0v) is 29.0. The summed E-state index contributed by atoms with van der Waals surface area (Å²) >= 11 is 0. The monoisotopic (exact) mass is 626 g/mol. The van der Waals surface area contributed by atoms with Crippen molar-refractivity contribution in [3.63, 3.8) is 0 Å². The van der Waals surface area contributed by atoms with Crippen LogP contribution in [0.4, 0.5) is 0 Å². The third kappa shape index (κ3) is 3.86. The van der Waals surface area contributed by atoms with Gasteiger partial charge in [-0.15, -0.1) is 0 Å². The summed E-state index contributed by atoms with van der Waals surface area (Å²) in [5, 5.41) is 8.09. The van der Waals surface area contributed by atoms with Gasteiger partial charge in [-0.25, -0.2) is 0 Å². The summed E-state index contributed by atoms with van der Waals surface area (Å²) in [4.78, 5) is 0. The molecule has 0 N–H and O–H groups in total. The van der Waals surface area contributed by atoms with Crippen molar-refractivity contribution in [2.45, 2.75) is 47.0 Å². The smallest absolute Gasteiger partial charge is 0.0159 e. The van der Waals surface area contributed by atoms with Gasteiger partial charge in [-0.3, -0.25) is 0 Å². The minimum absolute atomic E-state index is 0.109. The second-order valence-corrected chi connectivity index (χ2v) is 15.2. The highest BCUT2D eigenvalue weighted by molar-refractivity contribution is 6.29. The Morgan fingerprint density at radius 3 is 1.82 bits per heavy atom. The van der Waals surface area contributed by atoms with Crippen LogP contribution in [0.25, 0.3) is 88.0 Å². The number of hydrogen-bond acceptors (Lipinski definition) is 0. The lowest BCUT2D eigenvalue weighted by Gasteiger charge is -2.23. The molecule has 0 bridgehead atoms. The zero-order valence-electron chi connectivity index (χ0n) is 29.0. The fraction of sp³-hybridized carbons (Fsp3) is 0.143. The molecule has 0 aromatic heterocycles. The average molecular weight is 627 g/mol. The van der Waals surface area contributed by atoms with Crippen molar-refractivity contribution in [3.8, 4) is 55.6 Å². The molecular weight excluding hydrogens is 589 g/mol. The number of fused-ring (bicyclic) bond motifs is 10. The van der Waals surface area contributed by atoms with Gasteiger partial charge in [0, 0.05) is 5.41 Å². The van der Waals surface area contributed by atoms with Gasteiger partial charge < -0.3 is 0 Å². The van der Waals surface area contributed by atoms with Crippen LogP contribution in [-0.4, -0.2) is 0 Å². The van der Waals surface area contributed by atoms with E-state index in [4.69, 9.17) is 0 Å². The van der Waals surface area contributed by atoms with Crippen molar-refractivity contribution in [3.05, 3.63) is 155 Å². The van der Waals surface area contributed by atoms with Gasteiger partial charge in [0.25, 0.3) is 0 Å². The quantitative estimate of drug-likeness (QED) is 0.168. The zero-order chi connectivity index (χ0) is 33.3. The van der Waals surface area contributed by atoms with E-state index in [1.807, 2.05) is 0 Å². The molecule has 0 fully saturated rings. The van der Waals surface area contributed by atoms with Crippen LogP contribution in [-0.2, 0) is 5.41 Å². The highest BCUT2D eigenvalue weighted by atomic mass is 14.4. The molecule has 0 radical (unpaired) electrons. The van der Waals surface area contributed by atoms with Crippen molar-refractivity contribution >= 4 is 32.3 Å².